The molecule has 4 aliphatic heterocycles. The number of guanidine groups is 1. The fourth-order valence-corrected chi connectivity index (χ4v) is 5.75. The van der Waals surface area contributed by atoms with Gasteiger partial charge in [0.05, 0.1) is 31.2 Å². The summed E-state index contributed by atoms with van der Waals surface area (Å²) in [6, 6.07) is 6.86. The number of aliphatic imine (C=N–C) groups is 1. The first-order valence-corrected chi connectivity index (χ1v) is 15.0. The number of alkyl carbamates (subject to hydrolysis) is 1. The molecule has 4 aliphatic rings. The summed E-state index contributed by atoms with van der Waals surface area (Å²) in [5.41, 5.74) is 0.620. The zero-order chi connectivity index (χ0) is 31.2. The van der Waals surface area contributed by atoms with E-state index in [0.29, 0.717) is 30.8 Å². The average Bonchev–Trinajstić information content (AvgIpc) is 2.95. The lowest BCUT2D eigenvalue weighted by Crippen LogP contribution is -2.54. The average molecular weight is 589 g/mol. The van der Waals surface area contributed by atoms with E-state index < -0.39 is 17.2 Å². The van der Waals surface area contributed by atoms with E-state index >= 15 is 0 Å². The van der Waals surface area contributed by atoms with E-state index in [4.69, 9.17) is 14.5 Å². The number of hydrogen-bond acceptors (Lipinski definition) is 6. The highest BCUT2D eigenvalue weighted by atomic mass is 16.6. The Morgan fingerprint density at radius 3 is 2.70 bits per heavy atom. The molecule has 4 heterocycles. The summed E-state index contributed by atoms with van der Waals surface area (Å²) in [5.74, 6) is 0.453. The van der Waals surface area contributed by atoms with E-state index in [-0.39, 0.29) is 42.7 Å². The van der Waals surface area contributed by atoms with Gasteiger partial charge in [0.25, 0.3) is 5.91 Å². The minimum Gasteiger partial charge on any atom is -0.493 e. The third kappa shape index (κ3) is 7.83. The number of nitrogens with one attached hydrogen (secondary N) is 2. The Morgan fingerprint density at radius 1 is 1.23 bits per heavy atom. The number of rotatable bonds is 3. The molecule has 43 heavy (non-hydrogen) atoms. The van der Waals surface area contributed by atoms with Crippen LogP contribution in [0.25, 0.3) is 0 Å². The van der Waals surface area contributed by atoms with Crippen LogP contribution in [0, 0.1) is 5.92 Å². The molecule has 1 aromatic rings. The third-order valence-electron chi connectivity index (χ3n) is 8.06. The van der Waals surface area contributed by atoms with Gasteiger partial charge in [-0.15, -0.1) is 0 Å². The summed E-state index contributed by atoms with van der Waals surface area (Å²) in [7, 11) is 0. The molecule has 2 N–H and O–H groups in total. The summed E-state index contributed by atoms with van der Waals surface area (Å²) < 4.78 is 11.5. The lowest BCUT2D eigenvalue weighted by Gasteiger charge is -2.38. The molecule has 0 radical (unpaired) electrons. The lowest BCUT2D eigenvalue weighted by molar-refractivity contribution is -0.130. The molecule has 9 heteroatoms. The van der Waals surface area contributed by atoms with Crippen LogP contribution in [-0.2, 0) is 20.8 Å². The van der Waals surface area contributed by atoms with Crippen molar-refractivity contribution in [2.75, 3.05) is 6.61 Å². The number of allylic oxidation sites excluding steroid dienone is 3. The molecule has 230 valence electrons. The van der Waals surface area contributed by atoms with Gasteiger partial charge in [0.15, 0.2) is 0 Å². The highest BCUT2D eigenvalue weighted by molar-refractivity contribution is 6.05. The maximum Gasteiger partial charge on any atom is 0.414 e. The molecule has 1 aromatic carbocycles. The topological polar surface area (TPSA) is 109 Å². The molecular weight excluding hydrogens is 544 g/mol. The number of benzene rings is 1. The Labute approximate surface area is 254 Å². The van der Waals surface area contributed by atoms with Crippen molar-refractivity contribution >= 4 is 23.9 Å². The van der Waals surface area contributed by atoms with Gasteiger partial charge < -0.3 is 14.8 Å². The molecule has 0 saturated carbocycles. The summed E-state index contributed by atoms with van der Waals surface area (Å²) in [4.78, 5) is 46.5. The molecule has 5 rings (SSSR count). The van der Waals surface area contributed by atoms with Crippen LogP contribution in [0.4, 0.5) is 4.79 Å². The Bertz CT molecular complexity index is 1350. The van der Waals surface area contributed by atoms with Gasteiger partial charge in [-0.1, -0.05) is 50.4 Å². The number of carbonyl (C=O) groups is 3. The third-order valence-corrected chi connectivity index (χ3v) is 8.06. The van der Waals surface area contributed by atoms with Crippen LogP contribution in [-0.4, -0.2) is 52.6 Å². The van der Waals surface area contributed by atoms with Crippen molar-refractivity contribution in [2.24, 2.45) is 10.9 Å². The standard InChI is InChI=1S/C34H44N4O5/c1-7-26-27(8-2)42-22-25-16-12-10-11-13-18-34(9-3)20-28(39)38(31(37-34)36-32(41)43-33(4,5)6)21-23-15-14-17-24(19-23)30(40)35-29(25)26/h7-8,10-11,14-15,17,19,25,29H,1-2,9,12-13,16,18,20-22H2,3-6H3,(H,35,40)(H,36,37,41)/b11-10+. The SMILES string of the molecule is C=CC1=C(C=C)C2NC(=O)c3cccc(c3)CN3C(=O)CC(CC)(CC/C=C/CCC2CO1)N=C3NC(=O)OC(C)(C)C. The van der Waals surface area contributed by atoms with Crippen molar-refractivity contribution < 1.29 is 23.9 Å². The van der Waals surface area contributed by atoms with Crippen LogP contribution in [0.15, 0.2) is 78.1 Å². The molecule has 0 aliphatic carbocycles. The van der Waals surface area contributed by atoms with E-state index in [9.17, 15) is 14.4 Å². The Kier molecular flexibility index (Phi) is 9.94. The summed E-state index contributed by atoms with van der Waals surface area (Å²) in [6.45, 7) is 15.8. The molecule has 0 saturated heterocycles. The van der Waals surface area contributed by atoms with E-state index in [1.807, 2.05) is 13.0 Å². The maximum atomic E-state index is 13.7. The van der Waals surface area contributed by atoms with Crippen LogP contribution in [0.2, 0.25) is 0 Å². The Balaban J connectivity index is 1.72. The van der Waals surface area contributed by atoms with Crippen LogP contribution < -0.4 is 10.6 Å². The summed E-state index contributed by atoms with van der Waals surface area (Å²) in [6.07, 6.45) is 10.8. The van der Waals surface area contributed by atoms with Gasteiger partial charge in [-0.25, -0.2) is 9.79 Å². The van der Waals surface area contributed by atoms with E-state index in [1.54, 1.807) is 51.1 Å². The fourth-order valence-electron chi connectivity index (χ4n) is 5.75. The number of carbonyl (C=O) groups excluding carboxylic acids is 3. The number of amides is 3. The second-order valence-corrected chi connectivity index (χ2v) is 12.3. The van der Waals surface area contributed by atoms with Crippen molar-refractivity contribution in [2.45, 2.75) is 89.9 Å². The number of ether oxygens (including phenoxy) is 2. The van der Waals surface area contributed by atoms with Gasteiger partial charge in [0, 0.05) is 17.1 Å². The minimum atomic E-state index is -0.718. The molecule has 3 unspecified atom stereocenters. The predicted molar refractivity (Wildman–Crippen MR) is 167 cm³/mol. The number of hydrogen-bond donors (Lipinski definition) is 2. The second-order valence-electron chi connectivity index (χ2n) is 12.3. The van der Waals surface area contributed by atoms with Crippen LogP contribution >= 0.6 is 0 Å². The van der Waals surface area contributed by atoms with E-state index in [2.05, 4.69) is 35.9 Å². The van der Waals surface area contributed by atoms with Gasteiger partial charge >= 0.3 is 6.09 Å². The normalized spacial score (nSPS) is 25.7. The van der Waals surface area contributed by atoms with E-state index in [0.717, 1.165) is 30.4 Å². The Morgan fingerprint density at radius 2 is 2.00 bits per heavy atom. The second kappa shape index (κ2) is 13.4. The van der Waals surface area contributed by atoms with Crippen molar-refractivity contribution in [1.29, 1.82) is 0 Å². The smallest absolute Gasteiger partial charge is 0.414 e. The van der Waals surface area contributed by atoms with Gasteiger partial charge in [-0.3, -0.25) is 19.8 Å². The molecule has 3 atom stereocenters. The Hall–Kier alpha value is -4.14. The molecule has 3 amide bonds. The molecule has 4 bridgehead atoms. The van der Waals surface area contributed by atoms with Crippen molar-refractivity contribution in [3.05, 3.63) is 84.2 Å². The summed E-state index contributed by atoms with van der Waals surface area (Å²) in [5, 5.41) is 5.96. The molecule has 0 fully saturated rings. The quantitative estimate of drug-likeness (QED) is 0.424. The number of nitrogens with zero attached hydrogens (tertiary/aromatic N) is 2. The first kappa shape index (κ1) is 31.8. The summed E-state index contributed by atoms with van der Waals surface area (Å²) >= 11 is 0. The largest absolute Gasteiger partial charge is 0.493 e. The molecule has 9 nitrogen and oxygen atoms in total. The van der Waals surface area contributed by atoms with E-state index in [1.165, 1.54) is 4.90 Å². The van der Waals surface area contributed by atoms with Crippen LogP contribution in [0.1, 0.15) is 82.1 Å². The fraction of sp³-hybridized carbons (Fsp3) is 0.471. The van der Waals surface area contributed by atoms with Crippen LogP contribution in [0.3, 0.4) is 0 Å². The zero-order valence-corrected chi connectivity index (χ0v) is 25.8. The van der Waals surface area contributed by atoms with Gasteiger partial charge in [-0.2, -0.15) is 0 Å². The van der Waals surface area contributed by atoms with Crippen molar-refractivity contribution in [3.63, 3.8) is 0 Å². The zero-order valence-electron chi connectivity index (χ0n) is 25.8. The first-order valence-electron chi connectivity index (χ1n) is 15.0. The highest BCUT2D eigenvalue weighted by Gasteiger charge is 2.40. The lowest BCUT2D eigenvalue weighted by atomic mass is 9.85. The molecule has 0 aromatic heterocycles. The first-order chi connectivity index (χ1) is 20.5. The molecule has 0 spiro atoms. The number of fused-ring (bicyclic) bond motifs is 6. The predicted octanol–water partition coefficient (Wildman–Crippen LogP) is 5.95. The monoisotopic (exact) mass is 588 g/mol. The molecular formula is C34H44N4O5. The van der Waals surface area contributed by atoms with Gasteiger partial charge in [-0.05, 0) is 76.6 Å². The van der Waals surface area contributed by atoms with Crippen molar-refractivity contribution in [1.82, 2.24) is 15.5 Å². The van der Waals surface area contributed by atoms with Gasteiger partial charge in [0.1, 0.15) is 11.4 Å². The van der Waals surface area contributed by atoms with Crippen molar-refractivity contribution in [3.8, 4) is 0 Å². The van der Waals surface area contributed by atoms with Gasteiger partial charge in [0.2, 0.25) is 11.9 Å². The minimum absolute atomic E-state index is 0.0557. The maximum absolute atomic E-state index is 13.7. The highest BCUT2D eigenvalue weighted by Crippen LogP contribution is 2.33. The van der Waals surface area contributed by atoms with Crippen LogP contribution in [0.5, 0.6) is 0 Å².